The van der Waals surface area contributed by atoms with Crippen molar-refractivity contribution >= 4 is 86.3 Å². The first-order valence-corrected chi connectivity index (χ1v) is 17.1. The molecule has 228 valence electrons. The molecule has 0 unspecified atom stereocenters. The van der Waals surface area contributed by atoms with Crippen molar-refractivity contribution in [2.24, 2.45) is 0 Å². The van der Waals surface area contributed by atoms with Gasteiger partial charge in [0.05, 0.1) is 0 Å². The Morgan fingerprint density at radius 2 is 1.12 bits per heavy atom. The number of thiophene rings is 1. The van der Waals surface area contributed by atoms with Crippen molar-refractivity contribution in [3.63, 3.8) is 0 Å². The second-order valence-electron chi connectivity index (χ2n) is 12.5. The Labute approximate surface area is 283 Å². The average molecular weight is 645 g/mol. The Morgan fingerprint density at radius 1 is 0.449 bits per heavy atom. The number of para-hydroxylation sites is 2. The summed E-state index contributed by atoms with van der Waals surface area (Å²) in [6.45, 7) is 0. The smallest absolute Gasteiger partial charge is 0.180 e. The van der Waals surface area contributed by atoms with Gasteiger partial charge in [0, 0.05) is 53.0 Å². The van der Waals surface area contributed by atoms with Gasteiger partial charge in [0.15, 0.2) is 11.4 Å². The van der Waals surface area contributed by atoms with Gasteiger partial charge in [0.2, 0.25) is 0 Å². The van der Waals surface area contributed by atoms with E-state index in [-0.39, 0.29) is 0 Å². The minimum absolute atomic E-state index is 0.633. The molecule has 0 N–H and O–H groups in total. The largest absolute Gasteiger partial charge is 0.455 e. The quantitative estimate of drug-likeness (QED) is 0.192. The second kappa shape index (κ2) is 10.1. The summed E-state index contributed by atoms with van der Waals surface area (Å²) in [4.78, 5) is 10.6. The second-order valence-corrected chi connectivity index (χ2v) is 13.6. The van der Waals surface area contributed by atoms with E-state index in [0.717, 1.165) is 66.4 Å². The Bertz CT molecular complexity index is 3120. The zero-order valence-corrected chi connectivity index (χ0v) is 26.8. The summed E-state index contributed by atoms with van der Waals surface area (Å²) in [5, 5.41) is 7.85. The highest BCUT2D eigenvalue weighted by Crippen LogP contribution is 2.44. The van der Waals surface area contributed by atoms with Gasteiger partial charge in [-0.1, -0.05) is 109 Å². The number of aromatic nitrogens is 2. The maximum absolute atomic E-state index is 6.71. The van der Waals surface area contributed by atoms with Crippen LogP contribution in [0.4, 0.5) is 0 Å². The topological polar surface area (TPSA) is 52.1 Å². The first-order chi connectivity index (χ1) is 24.3. The molecule has 0 atom stereocenters. The predicted octanol–water partition coefficient (Wildman–Crippen LogP) is 12.8. The molecule has 0 aliphatic rings. The molecule has 11 rings (SSSR count). The molecule has 4 heterocycles. The number of hydrogen-bond acceptors (Lipinski definition) is 5. The molecule has 11 aromatic rings. The zero-order valence-electron chi connectivity index (χ0n) is 26.0. The molecule has 4 nitrogen and oxygen atoms in total. The fourth-order valence-corrected chi connectivity index (χ4v) is 8.57. The fourth-order valence-electron chi connectivity index (χ4n) is 7.49. The van der Waals surface area contributed by atoms with Crippen molar-refractivity contribution in [3.05, 3.63) is 146 Å². The highest BCUT2D eigenvalue weighted by Gasteiger charge is 2.22. The highest BCUT2D eigenvalue weighted by molar-refractivity contribution is 7.25. The van der Waals surface area contributed by atoms with Gasteiger partial charge in [-0.15, -0.1) is 11.3 Å². The van der Waals surface area contributed by atoms with Crippen molar-refractivity contribution in [2.45, 2.75) is 0 Å². The molecule has 0 bridgehead atoms. The minimum Gasteiger partial charge on any atom is -0.455 e. The minimum atomic E-state index is 0.633. The molecule has 0 saturated heterocycles. The summed E-state index contributed by atoms with van der Waals surface area (Å²) in [5.74, 6) is 0.633. The maximum Gasteiger partial charge on any atom is 0.180 e. The molecule has 49 heavy (non-hydrogen) atoms. The van der Waals surface area contributed by atoms with E-state index in [1.807, 2.05) is 41.7 Å². The Balaban J connectivity index is 1.19. The Morgan fingerprint density at radius 3 is 2.08 bits per heavy atom. The number of fused-ring (bicyclic) bond motifs is 10. The molecule has 4 aromatic heterocycles. The van der Waals surface area contributed by atoms with E-state index in [1.54, 1.807) is 0 Å². The average Bonchev–Trinajstić information content (AvgIpc) is 3.85. The first kappa shape index (κ1) is 26.7. The van der Waals surface area contributed by atoms with E-state index in [0.29, 0.717) is 11.4 Å². The lowest BCUT2D eigenvalue weighted by molar-refractivity contribution is 0.667. The Hall–Kier alpha value is -6.30. The summed E-state index contributed by atoms with van der Waals surface area (Å²) in [6.07, 6.45) is 0. The van der Waals surface area contributed by atoms with Crippen LogP contribution in [-0.4, -0.2) is 9.97 Å². The van der Waals surface area contributed by atoms with E-state index in [4.69, 9.17) is 18.8 Å². The molecule has 7 aromatic carbocycles. The predicted molar refractivity (Wildman–Crippen MR) is 203 cm³/mol. The van der Waals surface area contributed by atoms with Gasteiger partial charge in [-0.05, 0) is 52.7 Å². The normalized spacial score (nSPS) is 12.1. The monoisotopic (exact) mass is 644 g/mol. The van der Waals surface area contributed by atoms with Crippen LogP contribution in [0.1, 0.15) is 0 Å². The number of nitrogens with zero attached hydrogens (tertiary/aromatic N) is 2. The lowest BCUT2D eigenvalue weighted by Gasteiger charge is -2.08. The van der Waals surface area contributed by atoms with Gasteiger partial charge in [-0.3, -0.25) is 0 Å². The van der Waals surface area contributed by atoms with Crippen molar-refractivity contribution in [1.82, 2.24) is 9.97 Å². The zero-order chi connectivity index (χ0) is 32.1. The van der Waals surface area contributed by atoms with Crippen LogP contribution >= 0.6 is 11.3 Å². The molecule has 0 radical (unpaired) electrons. The van der Waals surface area contributed by atoms with Crippen LogP contribution in [0.3, 0.4) is 0 Å². The van der Waals surface area contributed by atoms with Crippen LogP contribution in [0.15, 0.2) is 154 Å². The third-order valence-corrected chi connectivity index (χ3v) is 10.9. The number of benzene rings is 7. The van der Waals surface area contributed by atoms with Gasteiger partial charge >= 0.3 is 0 Å². The molecular weight excluding hydrogens is 621 g/mol. The third-order valence-electron chi connectivity index (χ3n) is 9.71. The molecule has 0 spiro atoms. The van der Waals surface area contributed by atoms with Gasteiger partial charge in [0.1, 0.15) is 28.0 Å². The molecule has 0 amide bonds. The summed E-state index contributed by atoms with van der Waals surface area (Å²) in [5.41, 5.74) is 8.82. The Kier molecular flexibility index (Phi) is 5.51. The van der Waals surface area contributed by atoms with E-state index >= 15 is 0 Å². The van der Waals surface area contributed by atoms with Crippen molar-refractivity contribution in [2.75, 3.05) is 0 Å². The van der Waals surface area contributed by atoms with E-state index in [9.17, 15) is 0 Å². The fraction of sp³-hybridized carbons (Fsp3) is 0. The SMILES string of the molecule is c1ccc2c(-c3cccc4c3oc3cccc(-c5nc(-c6ccc7sc8ccccc8c7c6)c6oc7ccccc7c6n5)c34)cccc2c1. The van der Waals surface area contributed by atoms with Crippen LogP contribution in [-0.2, 0) is 0 Å². The molecular formula is C44H24N2O2S. The molecule has 0 saturated carbocycles. The summed E-state index contributed by atoms with van der Waals surface area (Å²) >= 11 is 1.81. The number of hydrogen-bond donors (Lipinski definition) is 0. The van der Waals surface area contributed by atoms with Crippen LogP contribution in [0.2, 0.25) is 0 Å². The van der Waals surface area contributed by atoms with Gasteiger partial charge < -0.3 is 8.83 Å². The molecule has 5 heteroatoms. The van der Waals surface area contributed by atoms with E-state index in [2.05, 4.69) is 115 Å². The van der Waals surface area contributed by atoms with E-state index in [1.165, 1.54) is 30.9 Å². The van der Waals surface area contributed by atoms with Crippen LogP contribution < -0.4 is 0 Å². The summed E-state index contributed by atoms with van der Waals surface area (Å²) < 4.78 is 15.7. The maximum atomic E-state index is 6.71. The van der Waals surface area contributed by atoms with Crippen LogP contribution in [0.25, 0.3) is 109 Å². The van der Waals surface area contributed by atoms with Crippen molar-refractivity contribution < 1.29 is 8.83 Å². The summed E-state index contributed by atoms with van der Waals surface area (Å²) in [7, 11) is 0. The van der Waals surface area contributed by atoms with Gasteiger partial charge in [-0.2, -0.15) is 0 Å². The van der Waals surface area contributed by atoms with Gasteiger partial charge in [-0.25, -0.2) is 9.97 Å². The first-order valence-electron chi connectivity index (χ1n) is 16.3. The molecule has 0 aliphatic heterocycles. The standard InChI is InChI=1S/C44H24N2O2S/c1-2-12-27-25(10-1)11-7-15-28(27)30-16-8-17-32-39-33(18-9-20-36(39)48-42(30)32)44-45-40(43-41(46-44)31-14-3-5-19-35(31)47-43)26-22-23-38-34(24-26)29-13-4-6-21-37(29)49-38/h1-24H. The summed E-state index contributed by atoms with van der Waals surface area (Å²) in [6, 6.07) is 50.8. The highest BCUT2D eigenvalue weighted by atomic mass is 32.1. The van der Waals surface area contributed by atoms with Gasteiger partial charge in [0.25, 0.3) is 0 Å². The number of rotatable bonds is 3. The van der Waals surface area contributed by atoms with Crippen molar-refractivity contribution in [3.8, 4) is 33.8 Å². The van der Waals surface area contributed by atoms with Crippen LogP contribution in [0, 0.1) is 0 Å². The lowest BCUT2D eigenvalue weighted by Crippen LogP contribution is -1.94. The number of furan rings is 2. The van der Waals surface area contributed by atoms with Crippen LogP contribution in [0.5, 0.6) is 0 Å². The van der Waals surface area contributed by atoms with Crippen molar-refractivity contribution in [1.29, 1.82) is 0 Å². The molecule has 0 aliphatic carbocycles. The molecule has 0 fully saturated rings. The third kappa shape index (κ3) is 3.91. The van der Waals surface area contributed by atoms with E-state index < -0.39 is 0 Å². The lowest BCUT2D eigenvalue weighted by atomic mass is 9.96.